The Morgan fingerprint density at radius 1 is 0.906 bits per heavy atom. The predicted molar refractivity (Wildman–Crippen MR) is 121 cm³/mol. The largest absolute Gasteiger partial charge is 0.481 e. The lowest BCUT2D eigenvalue weighted by molar-refractivity contribution is -0.142. The fourth-order valence-corrected chi connectivity index (χ4v) is 3.70. The second kappa shape index (κ2) is 7.96. The van der Waals surface area contributed by atoms with Crippen LogP contribution in [0.25, 0.3) is 33.7 Å². The van der Waals surface area contributed by atoms with Gasteiger partial charge in [-0.25, -0.2) is 4.39 Å². The normalized spacial score (nSPS) is 14.2. The van der Waals surface area contributed by atoms with E-state index in [0.29, 0.717) is 30.3 Å². The average Bonchev–Trinajstić information content (AvgIpc) is 3.51. The van der Waals surface area contributed by atoms with Gasteiger partial charge in [-0.1, -0.05) is 66.7 Å². The maximum absolute atomic E-state index is 13.2. The molecule has 1 fully saturated rings. The van der Waals surface area contributed by atoms with Gasteiger partial charge in [0.15, 0.2) is 5.76 Å². The van der Waals surface area contributed by atoms with Gasteiger partial charge in [0.1, 0.15) is 11.5 Å². The first-order valence-electron chi connectivity index (χ1n) is 10.4. The summed E-state index contributed by atoms with van der Waals surface area (Å²) in [4.78, 5) is 16.1. The molecule has 1 aromatic heterocycles. The molecule has 1 heterocycles. The van der Waals surface area contributed by atoms with Gasteiger partial charge in [0.25, 0.3) is 6.01 Å². The number of oxazole rings is 1. The van der Waals surface area contributed by atoms with Gasteiger partial charge in [0, 0.05) is 17.7 Å². The third kappa shape index (κ3) is 3.87. The Balaban J connectivity index is 1.47. The van der Waals surface area contributed by atoms with Crippen molar-refractivity contribution in [2.24, 2.45) is 5.41 Å². The number of rotatable bonds is 7. The van der Waals surface area contributed by atoms with Crippen LogP contribution in [0.1, 0.15) is 12.8 Å². The molecule has 1 aliphatic carbocycles. The number of nitrogens with zero attached hydrogens (tertiary/aromatic N) is 1. The van der Waals surface area contributed by atoms with E-state index in [2.05, 4.69) is 10.3 Å². The smallest absolute Gasteiger partial charge is 0.311 e. The van der Waals surface area contributed by atoms with Crippen molar-refractivity contribution in [1.82, 2.24) is 4.98 Å². The van der Waals surface area contributed by atoms with Crippen molar-refractivity contribution in [3.63, 3.8) is 0 Å². The highest BCUT2D eigenvalue weighted by atomic mass is 19.1. The van der Waals surface area contributed by atoms with Crippen LogP contribution in [0.3, 0.4) is 0 Å². The average molecular weight is 428 g/mol. The zero-order chi connectivity index (χ0) is 22.1. The summed E-state index contributed by atoms with van der Waals surface area (Å²) in [5.41, 5.74) is 3.58. The topological polar surface area (TPSA) is 75.4 Å². The van der Waals surface area contributed by atoms with Crippen molar-refractivity contribution in [2.75, 3.05) is 11.9 Å². The molecular weight excluding hydrogens is 407 g/mol. The van der Waals surface area contributed by atoms with Gasteiger partial charge in [0.05, 0.1) is 5.41 Å². The van der Waals surface area contributed by atoms with Crippen LogP contribution >= 0.6 is 0 Å². The van der Waals surface area contributed by atoms with E-state index in [0.717, 1.165) is 22.3 Å². The number of benzene rings is 3. The van der Waals surface area contributed by atoms with Crippen molar-refractivity contribution in [1.29, 1.82) is 0 Å². The van der Waals surface area contributed by atoms with Gasteiger partial charge >= 0.3 is 5.97 Å². The molecule has 32 heavy (non-hydrogen) atoms. The summed E-state index contributed by atoms with van der Waals surface area (Å²) in [6.07, 6.45) is 1.30. The minimum Gasteiger partial charge on any atom is -0.481 e. The molecule has 0 amide bonds. The first-order chi connectivity index (χ1) is 15.5. The zero-order valence-corrected chi connectivity index (χ0v) is 17.2. The number of carbonyl (C=O) groups is 1. The molecule has 5 nitrogen and oxygen atoms in total. The third-order valence-corrected chi connectivity index (χ3v) is 5.88. The highest BCUT2D eigenvalue weighted by molar-refractivity contribution is 5.80. The molecule has 3 aromatic carbocycles. The van der Waals surface area contributed by atoms with E-state index in [1.165, 1.54) is 12.1 Å². The van der Waals surface area contributed by atoms with Crippen LogP contribution in [0.2, 0.25) is 0 Å². The van der Waals surface area contributed by atoms with Gasteiger partial charge in [-0.05, 0) is 36.1 Å². The molecule has 1 aliphatic rings. The third-order valence-electron chi connectivity index (χ3n) is 5.88. The highest BCUT2D eigenvalue weighted by Crippen LogP contribution is 2.46. The molecule has 0 bridgehead atoms. The zero-order valence-electron chi connectivity index (χ0n) is 17.2. The van der Waals surface area contributed by atoms with Crippen LogP contribution in [-0.2, 0) is 4.79 Å². The Labute approximate surface area is 184 Å². The van der Waals surface area contributed by atoms with E-state index in [1.54, 1.807) is 12.1 Å². The molecule has 5 rings (SSSR count). The lowest BCUT2D eigenvalue weighted by Crippen LogP contribution is -2.24. The van der Waals surface area contributed by atoms with E-state index in [1.807, 2.05) is 54.6 Å². The molecule has 0 unspecified atom stereocenters. The molecular formula is C26H21FN2O3. The molecule has 0 atom stereocenters. The van der Waals surface area contributed by atoms with Crippen molar-refractivity contribution in [3.05, 3.63) is 84.7 Å². The summed E-state index contributed by atoms with van der Waals surface area (Å²) in [6.45, 7) is 0.278. The van der Waals surface area contributed by atoms with Crippen molar-refractivity contribution in [2.45, 2.75) is 12.8 Å². The highest BCUT2D eigenvalue weighted by Gasteiger charge is 2.50. The Kier molecular flexibility index (Phi) is 4.98. The van der Waals surface area contributed by atoms with Gasteiger partial charge in [-0.2, -0.15) is 4.98 Å². The number of hydrogen-bond donors (Lipinski definition) is 2. The lowest BCUT2D eigenvalue weighted by atomic mass is 10.0. The predicted octanol–water partition coefficient (Wildman–Crippen LogP) is 6.09. The summed E-state index contributed by atoms with van der Waals surface area (Å²) in [5, 5.41) is 12.5. The van der Waals surface area contributed by atoms with Crippen LogP contribution < -0.4 is 5.32 Å². The molecule has 0 spiro atoms. The van der Waals surface area contributed by atoms with Crippen LogP contribution in [0.5, 0.6) is 0 Å². The number of carboxylic acid groups (broad SMARTS) is 1. The van der Waals surface area contributed by atoms with Crippen molar-refractivity contribution >= 4 is 12.0 Å². The summed E-state index contributed by atoms with van der Waals surface area (Å²) >= 11 is 0. The second-order valence-corrected chi connectivity index (χ2v) is 8.09. The standard InChI is InChI=1S/C26H21FN2O3/c27-21-12-10-18(11-13-21)17-6-8-19(9-7-17)22-23(20-4-2-1-3-5-20)32-25(29-22)28-16-26(14-15-26)24(30)31/h1-13H,14-16H2,(H,28,29)(H,30,31). The molecule has 1 saturated carbocycles. The van der Waals surface area contributed by atoms with Gasteiger partial charge in [-0.3, -0.25) is 4.79 Å². The van der Waals surface area contributed by atoms with Gasteiger partial charge in [0.2, 0.25) is 0 Å². The molecule has 0 saturated heterocycles. The maximum atomic E-state index is 13.2. The van der Waals surface area contributed by atoms with Crippen molar-refractivity contribution < 1.29 is 18.7 Å². The minimum absolute atomic E-state index is 0.267. The lowest BCUT2D eigenvalue weighted by Gasteiger charge is -2.08. The number of carboxylic acids is 1. The Bertz CT molecular complexity index is 1240. The van der Waals surface area contributed by atoms with Crippen LogP contribution in [0.15, 0.2) is 83.3 Å². The van der Waals surface area contributed by atoms with E-state index < -0.39 is 11.4 Å². The number of hydrogen-bond acceptors (Lipinski definition) is 4. The molecule has 0 radical (unpaired) electrons. The Morgan fingerprint density at radius 3 is 2.09 bits per heavy atom. The number of halogens is 1. The number of anilines is 1. The summed E-state index contributed by atoms with van der Waals surface area (Å²) in [6, 6.07) is 24.2. The quantitative estimate of drug-likeness (QED) is 0.372. The number of nitrogens with one attached hydrogen (secondary N) is 1. The van der Waals surface area contributed by atoms with Gasteiger partial charge < -0.3 is 14.8 Å². The van der Waals surface area contributed by atoms with Gasteiger partial charge in [-0.15, -0.1) is 0 Å². The summed E-state index contributed by atoms with van der Waals surface area (Å²) in [5.74, 6) is -0.448. The van der Waals surface area contributed by atoms with E-state index >= 15 is 0 Å². The monoisotopic (exact) mass is 428 g/mol. The molecule has 160 valence electrons. The molecule has 4 aromatic rings. The summed E-state index contributed by atoms with van der Waals surface area (Å²) < 4.78 is 19.3. The number of aliphatic carboxylic acids is 1. The van der Waals surface area contributed by atoms with E-state index in [4.69, 9.17) is 4.42 Å². The minimum atomic E-state index is -0.795. The second-order valence-electron chi connectivity index (χ2n) is 8.09. The van der Waals surface area contributed by atoms with Crippen molar-refractivity contribution in [3.8, 4) is 33.7 Å². The number of aromatic nitrogens is 1. The molecule has 2 N–H and O–H groups in total. The van der Waals surface area contributed by atoms with Crippen LogP contribution in [0.4, 0.5) is 10.4 Å². The Morgan fingerprint density at radius 2 is 1.50 bits per heavy atom. The first kappa shape index (κ1) is 20.0. The fourth-order valence-electron chi connectivity index (χ4n) is 3.70. The fraction of sp³-hybridized carbons (Fsp3) is 0.154. The SMILES string of the molecule is O=C(O)C1(CNc2nc(-c3ccc(-c4ccc(F)cc4)cc3)c(-c3ccccc3)o2)CC1. The maximum Gasteiger partial charge on any atom is 0.311 e. The molecule has 6 heteroatoms. The molecule has 0 aliphatic heterocycles. The first-order valence-corrected chi connectivity index (χ1v) is 10.4. The van der Waals surface area contributed by atoms with Crippen LogP contribution in [-0.4, -0.2) is 22.6 Å². The summed E-state index contributed by atoms with van der Waals surface area (Å²) in [7, 11) is 0. The van der Waals surface area contributed by atoms with Crippen LogP contribution in [0, 0.1) is 11.2 Å². The Hall–Kier alpha value is -3.93. The van der Waals surface area contributed by atoms with E-state index in [9.17, 15) is 14.3 Å². The van der Waals surface area contributed by atoms with E-state index in [-0.39, 0.29) is 12.4 Å².